The largest absolute Gasteiger partial charge is 0.444 e. The van der Waals surface area contributed by atoms with Crippen LogP contribution in [0.3, 0.4) is 0 Å². The number of carbonyl (C=O) groups excluding carboxylic acids is 2. The van der Waals surface area contributed by atoms with Gasteiger partial charge in [0.2, 0.25) is 0 Å². The highest BCUT2D eigenvalue weighted by molar-refractivity contribution is 8.13. The van der Waals surface area contributed by atoms with E-state index in [4.69, 9.17) is 19.7 Å². The number of aromatic nitrogens is 1. The number of alkyl carbamates (subject to hydrolysis) is 1. The number of nitrogens with zero attached hydrogens (tertiary/aromatic N) is 3. The Balaban J connectivity index is 1.66. The molecule has 2 heterocycles. The van der Waals surface area contributed by atoms with Crippen LogP contribution in [0.25, 0.3) is 0 Å². The van der Waals surface area contributed by atoms with Gasteiger partial charge in [0.05, 0.1) is 17.2 Å². The van der Waals surface area contributed by atoms with Crippen LogP contribution in [0.2, 0.25) is 0 Å². The van der Waals surface area contributed by atoms with E-state index in [1.165, 1.54) is 42.2 Å². The highest BCUT2D eigenvalue weighted by atomic mass is 32.2. The Kier molecular flexibility index (Phi) is 7.52. The van der Waals surface area contributed by atoms with Gasteiger partial charge in [-0.15, -0.1) is 0 Å². The first-order valence-corrected chi connectivity index (χ1v) is 12.7. The van der Waals surface area contributed by atoms with Crippen LogP contribution in [0.15, 0.2) is 41.5 Å². The van der Waals surface area contributed by atoms with Gasteiger partial charge >= 0.3 is 6.09 Å². The van der Waals surface area contributed by atoms with Gasteiger partial charge in [-0.05, 0) is 57.5 Å². The van der Waals surface area contributed by atoms with Crippen molar-refractivity contribution in [2.75, 3.05) is 18.2 Å². The summed E-state index contributed by atoms with van der Waals surface area (Å²) in [5.41, 5.74) is -0.529. The zero-order valence-electron chi connectivity index (χ0n) is 21.0. The lowest BCUT2D eigenvalue weighted by Gasteiger charge is -2.36. The fourth-order valence-corrected chi connectivity index (χ4v) is 5.75. The molecule has 1 unspecified atom stereocenters. The predicted octanol–water partition coefficient (Wildman–Crippen LogP) is 4.59. The molecule has 0 bridgehead atoms. The van der Waals surface area contributed by atoms with Gasteiger partial charge in [-0.1, -0.05) is 11.8 Å². The molecule has 4 rings (SSSR count). The molecule has 0 spiro atoms. The molecule has 1 aliphatic carbocycles. The van der Waals surface area contributed by atoms with E-state index in [1.54, 1.807) is 33.9 Å². The van der Waals surface area contributed by atoms with E-state index in [2.05, 4.69) is 15.6 Å². The minimum absolute atomic E-state index is 0.0488. The third-order valence-corrected chi connectivity index (χ3v) is 7.28. The van der Waals surface area contributed by atoms with Gasteiger partial charge in [0.1, 0.15) is 23.2 Å². The zero-order valence-corrected chi connectivity index (χ0v) is 21.8. The summed E-state index contributed by atoms with van der Waals surface area (Å²) in [5, 5.41) is 14.7. The Bertz CT molecular complexity index is 1270. The monoisotopic (exact) mass is 525 g/mol. The summed E-state index contributed by atoms with van der Waals surface area (Å²) >= 11 is 1.38. The number of amides is 2. The van der Waals surface area contributed by atoms with Crippen LogP contribution in [0.5, 0.6) is 0 Å². The zero-order chi connectivity index (χ0) is 26.8. The topological polar surface area (TPSA) is 126 Å². The average molecular weight is 526 g/mol. The maximum absolute atomic E-state index is 15.4. The van der Waals surface area contributed by atoms with E-state index in [1.807, 2.05) is 6.07 Å². The molecule has 9 nitrogen and oxygen atoms in total. The average Bonchev–Trinajstić information content (AvgIpc) is 3.23. The van der Waals surface area contributed by atoms with Crippen LogP contribution in [0.1, 0.15) is 55.2 Å². The maximum atomic E-state index is 15.4. The minimum Gasteiger partial charge on any atom is -0.444 e. The van der Waals surface area contributed by atoms with Crippen molar-refractivity contribution in [3.05, 3.63) is 59.2 Å². The second kappa shape index (κ2) is 10.5. The fourth-order valence-electron chi connectivity index (χ4n) is 4.59. The molecule has 0 radical (unpaired) electrons. The number of ether oxygens (including phenoxy) is 2. The first-order valence-electron chi connectivity index (χ1n) is 11.8. The molecule has 37 heavy (non-hydrogen) atoms. The molecule has 0 saturated heterocycles. The molecular formula is C26H28FN5O4S. The van der Waals surface area contributed by atoms with E-state index in [9.17, 15) is 9.59 Å². The van der Waals surface area contributed by atoms with Crippen LogP contribution < -0.4 is 10.6 Å². The maximum Gasteiger partial charge on any atom is 0.413 e. The van der Waals surface area contributed by atoms with Crippen molar-refractivity contribution >= 4 is 34.6 Å². The third-order valence-electron chi connectivity index (χ3n) is 6.24. The number of halogens is 1. The summed E-state index contributed by atoms with van der Waals surface area (Å²) in [6.45, 7) is 5.30. The molecular weight excluding hydrogens is 497 g/mol. The number of hydrogen-bond acceptors (Lipinski definition) is 8. The Hall–Kier alpha value is -3.49. The number of benzene rings is 1. The van der Waals surface area contributed by atoms with Crippen LogP contribution in [-0.2, 0) is 15.0 Å². The molecule has 1 aromatic carbocycles. The number of aliphatic imine (C=N–C) groups is 1. The number of pyridine rings is 1. The Morgan fingerprint density at radius 3 is 2.68 bits per heavy atom. The number of fused-ring (bicyclic) bond motifs is 1. The Labute approximate surface area is 218 Å². The number of nitrogens with one attached hydrogen (secondary N) is 2. The van der Waals surface area contributed by atoms with Gasteiger partial charge in [-0.2, -0.15) is 5.26 Å². The predicted molar refractivity (Wildman–Crippen MR) is 138 cm³/mol. The van der Waals surface area contributed by atoms with E-state index in [0.717, 1.165) is 0 Å². The number of rotatable bonds is 4. The molecule has 1 aromatic heterocycles. The van der Waals surface area contributed by atoms with Crippen molar-refractivity contribution in [1.29, 1.82) is 5.26 Å². The minimum atomic E-state index is -0.992. The first-order chi connectivity index (χ1) is 17.5. The molecule has 194 valence electrons. The summed E-state index contributed by atoms with van der Waals surface area (Å²) < 4.78 is 26.4. The van der Waals surface area contributed by atoms with Gasteiger partial charge in [-0.3, -0.25) is 15.1 Å². The van der Waals surface area contributed by atoms with Gasteiger partial charge in [0.25, 0.3) is 5.91 Å². The lowest BCUT2D eigenvalue weighted by atomic mass is 9.81. The number of anilines is 1. The molecule has 11 heteroatoms. The summed E-state index contributed by atoms with van der Waals surface area (Å²) in [7, 11) is 1.62. The van der Waals surface area contributed by atoms with Crippen molar-refractivity contribution < 1.29 is 23.5 Å². The van der Waals surface area contributed by atoms with Gasteiger partial charge in [0, 0.05) is 42.6 Å². The van der Waals surface area contributed by atoms with Gasteiger partial charge < -0.3 is 14.8 Å². The summed E-state index contributed by atoms with van der Waals surface area (Å²) in [5.74, 6) is -0.414. The number of nitriles is 1. The second-order valence-corrected chi connectivity index (χ2v) is 11.0. The molecule has 1 aliphatic heterocycles. The van der Waals surface area contributed by atoms with Crippen LogP contribution >= 0.6 is 11.8 Å². The van der Waals surface area contributed by atoms with E-state index >= 15 is 4.39 Å². The Morgan fingerprint density at radius 1 is 1.24 bits per heavy atom. The number of methoxy groups -OCH3 is 1. The molecule has 1 fully saturated rings. The highest BCUT2D eigenvalue weighted by Crippen LogP contribution is 2.52. The first kappa shape index (κ1) is 26.6. The van der Waals surface area contributed by atoms with Crippen molar-refractivity contribution in [3.8, 4) is 6.07 Å². The molecule has 2 aromatic rings. The van der Waals surface area contributed by atoms with Crippen LogP contribution in [-0.4, -0.2) is 46.7 Å². The lowest BCUT2D eigenvalue weighted by Crippen LogP contribution is -2.42. The van der Waals surface area contributed by atoms with Crippen molar-refractivity contribution in [2.45, 2.75) is 50.9 Å². The number of amidine groups is 1. The molecule has 2 N–H and O–H groups in total. The number of hydrogen-bond donors (Lipinski definition) is 2. The standard InChI is InChI=1S/C26H28FN5O4S/c1-25(2,3)36-24(34)31-23-32-26(11-18(35-4)9-16(26)14-37-23)19-10-17(6-7-20(19)27)30-22(33)21-8-5-15(12-28)13-29-21/h5-8,10,13,16,18H,9,11,14H2,1-4H3,(H,30,33)(H,31,32,34)/t16?,18-,26-/m0/s1. The van der Waals surface area contributed by atoms with Gasteiger partial charge in [-0.25, -0.2) is 14.2 Å². The second-order valence-electron chi connectivity index (χ2n) is 9.97. The smallest absolute Gasteiger partial charge is 0.413 e. The van der Waals surface area contributed by atoms with E-state index in [0.29, 0.717) is 40.6 Å². The highest BCUT2D eigenvalue weighted by Gasteiger charge is 2.52. The number of carbonyl (C=O) groups is 2. The van der Waals surface area contributed by atoms with Crippen LogP contribution in [0, 0.1) is 23.1 Å². The van der Waals surface area contributed by atoms with Crippen molar-refractivity contribution in [3.63, 3.8) is 0 Å². The van der Waals surface area contributed by atoms with Crippen LogP contribution in [0.4, 0.5) is 14.9 Å². The molecule has 1 saturated carbocycles. The summed E-state index contributed by atoms with van der Waals surface area (Å²) in [6, 6.07) is 9.24. The van der Waals surface area contributed by atoms with E-state index in [-0.39, 0.29) is 17.7 Å². The Morgan fingerprint density at radius 2 is 2.03 bits per heavy atom. The van der Waals surface area contributed by atoms with E-state index < -0.39 is 29.0 Å². The molecule has 2 aliphatic rings. The number of thioether (sulfide) groups is 1. The summed E-state index contributed by atoms with van der Waals surface area (Å²) in [4.78, 5) is 34.0. The van der Waals surface area contributed by atoms with Crippen molar-refractivity contribution in [1.82, 2.24) is 10.3 Å². The lowest BCUT2D eigenvalue weighted by molar-refractivity contribution is 0.0563. The SMILES string of the molecule is CO[C@H]1CC2CSC(NC(=O)OC(C)(C)C)=N[C@@]2(c2cc(NC(=O)c3ccc(C#N)cn3)ccc2F)C1. The van der Waals surface area contributed by atoms with Gasteiger partial charge in [0.15, 0.2) is 5.17 Å². The van der Waals surface area contributed by atoms with Crippen molar-refractivity contribution in [2.24, 2.45) is 10.9 Å². The third kappa shape index (κ3) is 5.92. The fraction of sp³-hybridized carbons (Fsp3) is 0.423. The quantitative estimate of drug-likeness (QED) is 0.598. The molecule has 3 atom stereocenters. The summed E-state index contributed by atoms with van der Waals surface area (Å²) in [6.07, 6.45) is 1.63. The normalized spacial score (nSPS) is 22.9. The molecule has 2 amide bonds.